The molecule has 4 nitrogen and oxygen atoms in total. The molecule has 0 aliphatic rings. The molecule has 0 fully saturated rings. The van der Waals surface area contributed by atoms with Crippen LogP contribution in [0.3, 0.4) is 0 Å². The van der Waals surface area contributed by atoms with Crippen LogP contribution in [0.5, 0.6) is 5.75 Å². The first kappa shape index (κ1) is 13.9. The second-order valence-corrected chi connectivity index (χ2v) is 5.48. The number of aromatic amines is 1. The van der Waals surface area contributed by atoms with Gasteiger partial charge in [-0.05, 0) is 24.3 Å². The number of H-pyrrole nitrogens is 1. The molecule has 2 aromatic carbocycles. The van der Waals surface area contributed by atoms with Crippen LogP contribution in [0.2, 0.25) is 0 Å². The summed E-state index contributed by atoms with van der Waals surface area (Å²) in [7, 11) is 1.62. The number of nitrogens with zero attached hydrogens (tertiary/aromatic N) is 1. The SMILES string of the molecule is COc1ccc2nc(Sc3cccc(F)c3CN)[nH]c2c1. The van der Waals surface area contributed by atoms with Crippen LogP contribution < -0.4 is 10.5 Å². The molecular weight excluding hydrogens is 289 g/mol. The highest BCUT2D eigenvalue weighted by Crippen LogP contribution is 2.31. The molecule has 0 atom stereocenters. The summed E-state index contributed by atoms with van der Waals surface area (Å²) in [6, 6.07) is 10.5. The van der Waals surface area contributed by atoms with Gasteiger partial charge in [-0.3, -0.25) is 0 Å². The Balaban J connectivity index is 1.97. The van der Waals surface area contributed by atoms with Crippen LogP contribution in [0.25, 0.3) is 11.0 Å². The van der Waals surface area contributed by atoms with Crippen LogP contribution in [0.1, 0.15) is 5.56 Å². The molecule has 0 saturated carbocycles. The van der Waals surface area contributed by atoms with Crippen LogP contribution in [-0.4, -0.2) is 17.1 Å². The summed E-state index contributed by atoms with van der Waals surface area (Å²) in [5, 5.41) is 0.693. The van der Waals surface area contributed by atoms with E-state index in [1.165, 1.54) is 17.8 Å². The summed E-state index contributed by atoms with van der Waals surface area (Å²) >= 11 is 1.36. The number of aromatic nitrogens is 2. The number of nitrogens with two attached hydrogens (primary N) is 1. The van der Waals surface area contributed by atoms with E-state index in [-0.39, 0.29) is 12.4 Å². The van der Waals surface area contributed by atoms with E-state index in [1.807, 2.05) is 24.3 Å². The Kier molecular flexibility index (Phi) is 3.81. The maximum absolute atomic E-state index is 13.7. The van der Waals surface area contributed by atoms with Gasteiger partial charge in [0.15, 0.2) is 5.16 Å². The van der Waals surface area contributed by atoms with Crippen molar-refractivity contribution in [2.75, 3.05) is 7.11 Å². The van der Waals surface area contributed by atoms with Gasteiger partial charge >= 0.3 is 0 Å². The molecule has 0 aliphatic carbocycles. The van der Waals surface area contributed by atoms with Gasteiger partial charge in [-0.2, -0.15) is 0 Å². The van der Waals surface area contributed by atoms with E-state index in [2.05, 4.69) is 9.97 Å². The minimum atomic E-state index is -0.291. The number of hydrogen-bond acceptors (Lipinski definition) is 4. The molecule has 108 valence electrons. The number of halogens is 1. The highest BCUT2D eigenvalue weighted by Gasteiger charge is 2.11. The Labute approximate surface area is 125 Å². The van der Waals surface area contributed by atoms with Gasteiger partial charge in [-0.15, -0.1) is 0 Å². The molecule has 0 spiro atoms. The Morgan fingerprint density at radius 1 is 1.33 bits per heavy atom. The number of nitrogens with one attached hydrogen (secondary N) is 1. The highest BCUT2D eigenvalue weighted by atomic mass is 32.2. The van der Waals surface area contributed by atoms with E-state index < -0.39 is 0 Å². The predicted molar refractivity (Wildman–Crippen MR) is 81.1 cm³/mol. The fourth-order valence-corrected chi connectivity index (χ4v) is 3.04. The van der Waals surface area contributed by atoms with Crippen LogP contribution >= 0.6 is 11.8 Å². The Hall–Kier alpha value is -2.05. The van der Waals surface area contributed by atoms with Crippen LogP contribution in [0.4, 0.5) is 4.39 Å². The summed E-state index contributed by atoms with van der Waals surface area (Å²) < 4.78 is 18.9. The number of imidazole rings is 1. The standard InChI is InChI=1S/C15H14FN3OS/c1-20-9-5-6-12-13(7-9)19-15(18-12)21-14-4-2-3-11(16)10(14)8-17/h2-7H,8,17H2,1H3,(H,18,19). The molecule has 0 radical (unpaired) electrons. The molecule has 1 aromatic heterocycles. The number of methoxy groups -OCH3 is 1. The molecule has 21 heavy (non-hydrogen) atoms. The van der Waals surface area contributed by atoms with Gasteiger partial charge in [0.1, 0.15) is 11.6 Å². The largest absolute Gasteiger partial charge is 0.497 e. The van der Waals surface area contributed by atoms with Crippen molar-refractivity contribution in [3.05, 3.63) is 47.8 Å². The van der Waals surface area contributed by atoms with Gasteiger partial charge in [-0.1, -0.05) is 17.8 Å². The summed E-state index contributed by atoms with van der Waals surface area (Å²) in [6.45, 7) is 0.156. The monoisotopic (exact) mass is 303 g/mol. The zero-order valence-corrected chi connectivity index (χ0v) is 12.2. The lowest BCUT2D eigenvalue weighted by Crippen LogP contribution is -2.01. The highest BCUT2D eigenvalue weighted by molar-refractivity contribution is 7.99. The van der Waals surface area contributed by atoms with Crippen molar-refractivity contribution in [3.8, 4) is 5.75 Å². The average Bonchev–Trinajstić information content (AvgIpc) is 2.88. The second kappa shape index (κ2) is 5.75. The van der Waals surface area contributed by atoms with E-state index in [0.29, 0.717) is 10.7 Å². The molecule has 3 aromatic rings. The van der Waals surface area contributed by atoms with Gasteiger partial charge in [-0.25, -0.2) is 9.37 Å². The molecule has 0 aliphatic heterocycles. The van der Waals surface area contributed by atoms with Crippen molar-refractivity contribution < 1.29 is 9.13 Å². The molecule has 1 heterocycles. The first-order chi connectivity index (χ1) is 10.2. The lowest BCUT2D eigenvalue weighted by Gasteiger charge is -2.06. The van der Waals surface area contributed by atoms with Crippen LogP contribution in [0, 0.1) is 5.82 Å². The van der Waals surface area contributed by atoms with Crippen molar-refractivity contribution in [3.63, 3.8) is 0 Å². The quantitative estimate of drug-likeness (QED) is 0.776. The molecule has 0 bridgehead atoms. The summed E-state index contributed by atoms with van der Waals surface area (Å²) in [5.41, 5.74) is 7.83. The van der Waals surface area contributed by atoms with Crippen molar-refractivity contribution in [1.82, 2.24) is 9.97 Å². The first-order valence-corrected chi connectivity index (χ1v) is 7.22. The molecular formula is C15H14FN3OS. The fraction of sp³-hybridized carbons (Fsp3) is 0.133. The third-order valence-electron chi connectivity index (χ3n) is 3.15. The normalized spacial score (nSPS) is 11.0. The van der Waals surface area contributed by atoms with Gasteiger partial charge in [0, 0.05) is 23.1 Å². The van der Waals surface area contributed by atoms with E-state index in [0.717, 1.165) is 21.7 Å². The lowest BCUT2D eigenvalue weighted by molar-refractivity contribution is 0.415. The maximum atomic E-state index is 13.7. The van der Waals surface area contributed by atoms with E-state index >= 15 is 0 Å². The second-order valence-electron chi connectivity index (χ2n) is 4.45. The van der Waals surface area contributed by atoms with Crippen LogP contribution in [0.15, 0.2) is 46.5 Å². The molecule has 0 unspecified atom stereocenters. The summed E-state index contributed by atoms with van der Waals surface area (Å²) in [4.78, 5) is 8.44. The summed E-state index contributed by atoms with van der Waals surface area (Å²) in [5.74, 6) is 0.469. The Bertz CT molecular complexity index is 788. The Morgan fingerprint density at radius 3 is 2.95 bits per heavy atom. The van der Waals surface area contributed by atoms with Gasteiger partial charge in [0.05, 0.1) is 18.1 Å². The third kappa shape index (κ3) is 2.72. The van der Waals surface area contributed by atoms with E-state index in [1.54, 1.807) is 13.2 Å². The zero-order chi connectivity index (χ0) is 14.8. The third-order valence-corrected chi connectivity index (χ3v) is 4.14. The van der Waals surface area contributed by atoms with Gasteiger partial charge < -0.3 is 15.5 Å². The van der Waals surface area contributed by atoms with Crippen molar-refractivity contribution in [2.24, 2.45) is 5.73 Å². The lowest BCUT2D eigenvalue weighted by atomic mass is 10.2. The van der Waals surface area contributed by atoms with Crippen molar-refractivity contribution in [1.29, 1.82) is 0 Å². The fourth-order valence-electron chi connectivity index (χ4n) is 2.08. The number of hydrogen-bond donors (Lipinski definition) is 2. The number of ether oxygens (including phenoxy) is 1. The molecule has 6 heteroatoms. The van der Waals surface area contributed by atoms with Crippen LogP contribution in [-0.2, 0) is 6.54 Å². The maximum Gasteiger partial charge on any atom is 0.171 e. The zero-order valence-electron chi connectivity index (χ0n) is 11.4. The van der Waals surface area contributed by atoms with Crippen molar-refractivity contribution in [2.45, 2.75) is 16.6 Å². The topological polar surface area (TPSA) is 63.9 Å². The number of rotatable bonds is 4. The molecule has 3 N–H and O–H groups in total. The molecule has 0 saturated heterocycles. The molecule has 3 rings (SSSR count). The minimum Gasteiger partial charge on any atom is -0.497 e. The molecule has 0 amide bonds. The number of fused-ring (bicyclic) bond motifs is 1. The van der Waals surface area contributed by atoms with Crippen molar-refractivity contribution >= 4 is 22.8 Å². The first-order valence-electron chi connectivity index (χ1n) is 6.40. The minimum absolute atomic E-state index is 0.156. The number of benzene rings is 2. The predicted octanol–water partition coefficient (Wildman–Crippen LogP) is 3.32. The van der Waals surface area contributed by atoms with Gasteiger partial charge in [0.2, 0.25) is 0 Å². The smallest absolute Gasteiger partial charge is 0.171 e. The Morgan fingerprint density at radius 2 is 2.19 bits per heavy atom. The average molecular weight is 303 g/mol. The van der Waals surface area contributed by atoms with Gasteiger partial charge in [0.25, 0.3) is 0 Å². The van der Waals surface area contributed by atoms with E-state index in [4.69, 9.17) is 10.5 Å². The van der Waals surface area contributed by atoms with E-state index in [9.17, 15) is 4.39 Å². The summed E-state index contributed by atoms with van der Waals surface area (Å²) in [6.07, 6.45) is 0.